The number of rotatable bonds is 3. The van der Waals surface area contributed by atoms with Crippen molar-refractivity contribution in [1.29, 1.82) is 0 Å². The zero-order valence-corrected chi connectivity index (χ0v) is 14.7. The van der Waals surface area contributed by atoms with E-state index in [1.165, 1.54) is 0 Å². The van der Waals surface area contributed by atoms with E-state index < -0.39 is 0 Å². The summed E-state index contributed by atoms with van der Waals surface area (Å²) in [7, 11) is 1.55. The van der Waals surface area contributed by atoms with E-state index in [-0.39, 0.29) is 30.2 Å². The average Bonchev–Trinajstić information content (AvgIpc) is 2.96. The Bertz CT molecular complexity index is 652. The lowest BCUT2D eigenvalue weighted by atomic mass is 10.1. The van der Waals surface area contributed by atoms with Crippen LogP contribution in [0.1, 0.15) is 13.3 Å². The normalized spacial score (nSPS) is 24.4. The molecular weight excluding hydrogens is 330 g/mol. The van der Waals surface area contributed by atoms with Gasteiger partial charge in [0.05, 0.1) is 18.7 Å². The first-order valence-electron chi connectivity index (χ1n) is 8.16. The molecule has 24 heavy (non-hydrogen) atoms. The fraction of sp³-hybridized carbons (Fsp3) is 0.529. The van der Waals surface area contributed by atoms with Crippen molar-refractivity contribution in [2.24, 2.45) is 5.92 Å². The van der Waals surface area contributed by atoms with Crippen molar-refractivity contribution in [3.63, 3.8) is 0 Å². The third-order valence-corrected chi connectivity index (χ3v) is 4.93. The minimum absolute atomic E-state index is 0.0563. The number of halogens is 1. The number of carbonyl (C=O) groups is 2. The third-order valence-electron chi connectivity index (χ3n) is 4.69. The van der Waals surface area contributed by atoms with Gasteiger partial charge in [-0.3, -0.25) is 9.59 Å². The van der Waals surface area contributed by atoms with Crippen molar-refractivity contribution in [2.45, 2.75) is 19.4 Å². The van der Waals surface area contributed by atoms with Crippen molar-refractivity contribution >= 4 is 29.1 Å². The van der Waals surface area contributed by atoms with Crippen LogP contribution in [-0.4, -0.2) is 56.0 Å². The highest BCUT2D eigenvalue weighted by molar-refractivity contribution is 6.31. The Labute approximate surface area is 146 Å². The predicted octanol–water partition coefficient (Wildman–Crippen LogP) is 1.52. The van der Waals surface area contributed by atoms with E-state index >= 15 is 0 Å². The Morgan fingerprint density at radius 1 is 1.42 bits per heavy atom. The van der Waals surface area contributed by atoms with E-state index in [0.29, 0.717) is 29.5 Å². The number of hydrogen-bond acceptors (Lipinski definition) is 4. The number of amides is 2. The van der Waals surface area contributed by atoms with Crippen LogP contribution >= 0.6 is 11.6 Å². The van der Waals surface area contributed by atoms with Crippen molar-refractivity contribution < 1.29 is 14.3 Å². The predicted molar refractivity (Wildman–Crippen MR) is 92.5 cm³/mol. The molecule has 7 heteroatoms. The van der Waals surface area contributed by atoms with Gasteiger partial charge < -0.3 is 19.9 Å². The van der Waals surface area contributed by atoms with Crippen LogP contribution < -0.4 is 15.0 Å². The molecule has 0 bridgehead atoms. The second-order valence-corrected chi connectivity index (χ2v) is 6.74. The summed E-state index contributed by atoms with van der Waals surface area (Å²) in [6, 6.07) is 5.31. The van der Waals surface area contributed by atoms with E-state index in [1.807, 2.05) is 11.8 Å². The SMILES string of the molecule is COc1ccc(Cl)cc1N1CC(C(=O)N2CCNC[C@H]2C)CC1=O. The molecule has 1 aromatic carbocycles. The summed E-state index contributed by atoms with van der Waals surface area (Å²) >= 11 is 6.06. The lowest BCUT2D eigenvalue weighted by Gasteiger charge is -2.35. The molecule has 2 amide bonds. The molecule has 0 radical (unpaired) electrons. The summed E-state index contributed by atoms with van der Waals surface area (Å²) in [5.74, 6) is 0.246. The smallest absolute Gasteiger partial charge is 0.228 e. The molecule has 2 aliphatic rings. The van der Waals surface area contributed by atoms with Gasteiger partial charge in [-0.25, -0.2) is 0 Å². The van der Waals surface area contributed by atoms with Gasteiger partial charge >= 0.3 is 0 Å². The van der Waals surface area contributed by atoms with Gasteiger partial charge in [-0.05, 0) is 25.1 Å². The minimum Gasteiger partial charge on any atom is -0.495 e. The van der Waals surface area contributed by atoms with Crippen LogP contribution in [0.4, 0.5) is 5.69 Å². The van der Waals surface area contributed by atoms with Gasteiger partial charge in [0.15, 0.2) is 0 Å². The number of carbonyl (C=O) groups excluding carboxylic acids is 2. The molecule has 2 atom stereocenters. The highest BCUT2D eigenvalue weighted by Crippen LogP contribution is 2.35. The molecule has 1 aromatic rings. The molecule has 1 N–H and O–H groups in total. The Balaban J connectivity index is 1.78. The van der Waals surface area contributed by atoms with Gasteiger partial charge in [0.25, 0.3) is 0 Å². The van der Waals surface area contributed by atoms with E-state index in [2.05, 4.69) is 5.32 Å². The molecule has 0 spiro atoms. The lowest BCUT2D eigenvalue weighted by molar-refractivity contribution is -0.138. The Morgan fingerprint density at radius 3 is 2.92 bits per heavy atom. The number of hydrogen-bond donors (Lipinski definition) is 1. The number of nitrogens with zero attached hydrogens (tertiary/aromatic N) is 2. The third kappa shape index (κ3) is 3.21. The number of benzene rings is 1. The number of nitrogens with one attached hydrogen (secondary N) is 1. The summed E-state index contributed by atoms with van der Waals surface area (Å²) in [4.78, 5) is 28.8. The van der Waals surface area contributed by atoms with Gasteiger partial charge in [0, 0.05) is 43.7 Å². The zero-order chi connectivity index (χ0) is 17.3. The first-order chi connectivity index (χ1) is 11.5. The van der Waals surface area contributed by atoms with Crippen LogP contribution in [0.2, 0.25) is 5.02 Å². The van der Waals surface area contributed by atoms with Crippen LogP contribution in [0, 0.1) is 5.92 Å². The van der Waals surface area contributed by atoms with Crippen molar-refractivity contribution in [2.75, 3.05) is 38.2 Å². The van der Waals surface area contributed by atoms with Crippen molar-refractivity contribution in [1.82, 2.24) is 10.2 Å². The highest BCUT2D eigenvalue weighted by Gasteiger charge is 2.39. The van der Waals surface area contributed by atoms with Gasteiger partial charge in [0.2, 0.25) is 11.8 Å². The van der Waals surface area contributed by atoms with E-state index in [0.717, 1.165) is 13.1 Å². The van der Waals surface area contributed by atoms with Crippen LogP contribution in [-0.2, 0) is 9.59 Å². The van der Waals surface area contributed by atoms with E-state index in [9.17, 15) is 9.59 Å². The second-order valence-electron chi connectivity index (χ2n) is 6.31. The number of ether oxygens (including phenoxy) is 1. The topological polar surface area (TPSA) is 61.9 Å². The largest absolute Gasteiger partial charge is 0.495 e. The van der Waals surface area contributed by atoms with Crippen molar-refractivity contribution in [3.8, 4) is 5.75 Å². The van der Waals surface area contributed by atoms with Crippen LogP contribution in [0.3, 0.4) is 0 Å². The summed E-state index contributed by atoms with van der Waals surface area (Å²) in [5.41, 5.74) is 0.624. The van der Waals surface area contributed by atoms with E-state index in [1.54, 1.807) is 30.2 Å². The number of methoxy groups -OCH3 is 1. The Morgan fingerprint density at radius 2 is 2.21 bits per heavy atom. The molecule has 2 saturated heterocycles. The number of anilines is 1. The maximum atomic E-state index is 12.8. The molecular formula is C17H22ClN3O3. The molecule has 130 valence electrons. The average molecular weight is 352 g/mol. The quantitative estimate of drug-likeness (QED) is 0.897. The molecule has 2 aliphatic heterocycles. The summed E-state index contributed by atoms with van der Waals surface area (Å²) < 4.78 is 5.33. The standard InChI is InChI=1S/C17H22ClN3O3/c1-11-9-19-5-6-20(11)17(23)12-7-16(22)21(10-12)14-8-13(18)3-4-15(14)24-2/h3-4,8,11-12,19H,5-7,9-10H2,1-2H3/t11-,12?/m1/s1. The van der Waals surface area contributed by atoms with Gasteiger partial charge in [-0.1, -0.05) is 11.6 Å². The maximum absolute atomic E-state index is 12.8. The monoisotopic (exact) mass is 351 g/mol. The van der Waals surface area contributed by atoms with Crippen LogP contribution in [0.5, 0.6) is 5.75 Å². The summed E-state index contributed by atoms with van der Waals surface area (Å²) in [6.07, 6.45) is 0.227. The van der Waals surface area contributed by atoms with Crippen LogP contribution in [0.25, 0.3) is 0 Å². The molecule has 0 aromatic heterocycles. The Hall–Kier alpha value is -1.79. The highest BCUT2D eigenvalue weighted by atomic mass is 35.5. The van der Waals surface area contributed by atoms with Crippen molar-refractivity contribution in [3.05, 3.63) is 23.2 Å². The fourth-order valence-electron chi connectivity index (χ4n) is 3.38. The molecule has 1 unspecified atom stereocenters. The molecule has 0 saturated carbocycles. The molecule has 6 nitrogen and oxygen atoms in total. The van der Waals surface area contributed by atoms with E-state index in [4.69, 9.17) is 16.3 Å². The van der Waals surface area contributed by atoms with Gasteiger partial charge in [0.1, 0.15) is 5.75 Å². The molecule has 3 rings (SSSR count). The fourth-order valence-corrected chi connectivity index (χ4v) is 3.55. The first kappa shape index (κ1) is 17.0. The first-order valence-corrected chi connectivity index (χ1v) is 8.54. The molecule has 0 aliphatic carbocycles. The Kier molecular flexibility index (Phi) is 4.96. The molecule has 2 fully saturated rings. The number of piperazine rings is 1. The zero-order valence-electron chi connectivity index (χ0n) is 13.9. The second kappa shape index (κ2) is 6.99. The molecule has 2 heterocycles. The van der Waals surface area contributed by atoms with Crippen LogP contribution in [0.15, 0.2) is 18.2 Å². The van der Waals surface area contributed by atoms with Gasteiger partial charge in [-0.15, -0.1) is 0 Å². The summed E-state index contributed by atoms with van der Waals surface area (Å²) in [5, 5.41) is 3.80. The lowest BCUT2D eigenvalue weighted by Crippen LogP contribution is -2.54. The van der Waals surface area contributed by atoms with Gasteiger partial charge in [-0.2, -0.15) is 0 Å². The maximum Gasteiger partial charge on any atom is 0.228 e. The summed E-state index contributed by atoms with van der Waals surface area (Å²) in [6.45, 7) is 4.66. The minimum atomic E-state index is -0.318.